The second-order valence-corrected chi connectivity index (χ2v) is 22.4. The molecule has 0 amide bonds. The van der Waals surface area contributed by atoms with E-state index in [0.717, 1.165) is 22.7 Å². The minimum Gasteiger partial charge on any atom is -0.356 e. The van der Waals surface area contributed by atoms with E-state index in [1.54, 1.807) is 0 Å². The van der Waals surface area contributed by atoms with Gasteiger partial charge in [0, 0.05) is 28.3 Å². The third-order valence-corrected chi connectivity index (χ3v) is 18.3. The maximum absolute atomic E-state index is 3.89. The Labute approximate surface area is 478 Å². The number of anilines is 4. The number of fused-ring (bicyclic) bond motifs is 20. The van der Waals surface area contributed by atoms with Crippen LogP contribution in [0.4, 0.5) is 22.7 Å². The monoisotopic (exact) mass is 1040 g/mol. The average Bonchev–Trinajstić information content (AvgIpc) is 2.56. The number of hydrogen-bond acceptors (Lipinski definition) is 2. The van der Waals surface area contributed by atoms with Crippen molar-refractivity contribution in [3.63, 3.8) is 0 Å². The highest BCUT2D eigenvalue weighted by Crippen LogP contribution is 2.66. The molecular formula is C80H52N2. The van der Waals surface area contributed by atoms with Crippen LogP contribution in [0.25, 0.3) is 89.0 Å². The van der Waals surface area contributed by atoms with Crippen molar-refractivity contribution in [1.29, 1.82) is 0 Å². The fourth-order valence-corrected chi connectivity index (χ4v) is 14.9. The van der Waals surface area contributed by atoms with Crippen LogP contribution in [0.5, 0.6) is 0 Å². The van der Waals surface area contributed by atoms with E-state index >= 15 is 0 Å². The minimum absolute atomic E-state index is 0.481. The van der Waals surface area contributed by atoms with Crippen molar-refractivity contribution in [2.24, 2.45) is 0 Å². The van der Waals surface area contributed by atoms with E-state index in [1.165, 1.54) is 134 Å². The summed E-state index contributed by atoms with van der Waals surface area (Å²) < 4.78 is 0. The van der Waals surface area contributed by atoms with Crippen LogP contribution in [0.2, 0.25) is 0 Å². The van der Waals surface area contributed by atoms with E-state index in [2.05, 4.69) is 314 Å². The van der Waals surface area contributed by atoms with Crippen molar-refractivity contribution in [3.05, 3.63) is 348 Å². The topological polar surface area (TPSA) is 24.1 Å². The van der Waals surface area contributed by atoms with Gasteiger partial charge in [-0.2, -0.15) is 0 Å². The molecular weight excluding hydrogens is 989 g/mol. The molecule has 2 N–H and O–H groups in total. The molecule has 4 aliphatic carbocycles. The lowest BCUT2D eigenvalue weighted by molar-refractivity contribution is 0.793. The Morgan fingerprint density at radius 1 is 0.183 bits per heavy atom. The van der Waals surface area contributed by atoms with Gasteiger partial charge in [-0.3, -0.25) is 0 Å². The third kappa shape index (κ3) is 6.64. The van der Waals surface area contributed by atoms with Crippen molar-refractivity contribution >= 4 is 22.7 Å². The van der Waals surface area contributed by atoms with Crippen molar-refractivity contribution in [2.45, 2.75) is 10.8 Å². The standard InChI is InChI=1S/C80H52N2/c1-3-17-51(18-4-1)53-33-41-58(42-34-53)81-59-45-37-55(38-46-59)61-25-15-30-74-77(61)64-23-9-13-28-70(64)79(74)68-26-11-7-21-62(68)66-49-56(39-47-72(66)79)57-40-48-73-67(50-57)63-22-8-12-27-69(63)80(73)71-29-14-10-24-65(71)78-75(80)31-16-32-76(78)82-60-43-35-54(36-44-60)52-19-5-2-6-20-52/h1-50,81-82H. The first-order chi connectivity index (χ1) is 40.6. The van der Waals surface area contributed by atoms with Gasteiger partial charge < -0.3 is 10.6 Å². The fraction of sp³-hybridized carbons (Fsp3) is 0.0250. The van der Waals surface area contributed by atoms with Crippen LogP contribution in [-0.2, 0) is 10.8 Å². The quantitative estimate of drug-likeness (QED) is 0.158. The fourth-order valence-electron chi connectivity index (χ4n) is 14.9. The van der Waals surface area contributed by atoms with E-state index in [9.17, 15) is 0 Å². The highest BCUT2D eigenvalue weighted by Gasteiger charge is 2.54. The van der Waals surface area contributed by atoms with E-state index in [1.807, 2.05) is 0 Å². The highest BCUT2D eigenvalue weighted by atomic mass is 14.9. The molecule has 13 aromatic rings. The van der Waals surface area contributed by atoms with Crippen molar-refractivity contribution in [2.75, 3.05) is 10.6 Å². The van der Waals surface area contributed by atoms with Crippen LogP contribution in [0.1, 0.15) is 44.5 Å². The summed E-state index contributed by atoms with van der Waals surface area (Å²) in [5.74, 6) is 0. The first kappa shape index (κ1) is 46.4. The minimum atomic E-state index is -0.481. The molecule has 0 radical (unpaired) electrons. The van der Waals surface area contributed by atoms with Gasteiger partial charge in [0.1, 0.15) is 0 Å². The Kier molecular flexibility index (Phi) is 10.2. The average molecular weight is 1040 g/mol. The highest BCUT2D eigenvalue weighted by molar-refractivity contribution is 6.03. The molecule has 13 aromatic carbocycles. The summed E-state index contributed by atoms with van der Waals surface area (Å²) in [4.78, 5) is 0. The van der Waals surface area contributed by atoms with Gasteiger partial charge >= 0.3 is 0 Å². The molecule has 2 unspecified atom stereocenters. The largest absolute Gasteiger partial charge is 0.356 e. The molecule has 0 fully saturated rings. The smallest absolute Gasteiger partial charge is 0.0726 e. The van der Waals surface area contributed by atoms with E-state index in [4.69, 9.17) is 0 Å². The summed E-state index contributed by atoms with van der Waals surface area (Å²) in [7, 11) is 0. The molecule has 0 saturated heterocycles. The SMILES string of the molecule is c1ccc(-c2ccc(Nc3ccc(-c4cccc5c4-c4ccccc4C54c5ccccc5-c5cc(-c6ccc7c(c6)-c6ccccc6C76c7ccccc7-c7c(Nc8ccc(-c9ccccc9)cc8)cccc76)ccc54)cc3)cc2)cc1. The molecule has 0 saturated carbocycles. The number of benzene rings is 13. The van der Waals surface area contributed by atoms with Crippen LogP contribution in [0.15, 0.2) is 303 Å². The molecule has 2 atom stereocenters. The summed E-state index contributed by atoms with van der Waals surface area (Å²) in [5, 5.41) is 7.54. The third-order valence-electron chi connectivity index (χ3n) is 18.3. The van der Waals surface area contributed by atoms with Crippen molar-refractivity contribution < 1.29 is 0 Å². The van der Waals surface area contributed by atoms with Gasteiger partial charge in [0.15, 0.2) is 0 Å². The van der Waals surface area contributed by atoms with Gasteiger partial charge in [-0.15, -0.1) is 0 Å². The Hall–Kier alpha value is -10.5. The molecule has 17 rings (SSSR count). The number of rotatable bonds is 8. The van der Waals surface area contributed by atoms with Gasteiger partial charge in [0.05, 0.1) is 10.8 Å². The first-order valence-corrected chi connectivity index (χ1v) is 28.6. The van der Waals surface area contributed by atoms with Crippen LogP contribution >= 0.6 is 0 Å². The van der Waals surface area contributed by atoms with Crippen molar-refractivity contribution in [1.82, 2.24) is 0 Å². The molecule has 4 aliphatic rings. The maximum Gasteiger partial charge on any atom is 0.0726 e. The molecule has 2 spiro atoms. The van der Waals surface area contributed by atoms with Gasteiger partial charge in [-0.05, 0) is 183 Å². The number of hydrogen-bond donors (Lipinski definition) is 2. The molecule has 2 nitrogen and oxygen atoms in total. The predicted octanol–water partition coefficient (Wildman–Crippen LogP) is 20.5. The Morgan fingerprint density at radius 3 is 1.01 bits per heavy atom. The van der Waals surface area contributed by atoms with Crippen LogP contribution in [0.3, 0.4) is 0 Å². The zero-order valence-electron chi connectivity index (χ0n) is 44.9. The molecule has 0 bridgehead atoms. The van der Waals surface area contributed by atoms with Crippen LogP contribution < -0.4 is 10.6 Å². The van der Waals surface area contributed by atoms with Crippen molar-refractivity contribution in [3.8, 4) is 89.0 Å². The zero-order chi connectivity index (χ0) is 53.9. The van der Waals surface area contributed by atoms with Crippen LogP contribution in [-0.4, -0.2) is 0 Å². The first-order valence-electron chi connectivity index (χ1n) is 28.6. The Morgan fingerprint density at radius 2 is 0.512 bits per heavy atom. The zero-order valence-corrected chi connectivity index (χ0v) is 44.9. The maximum atomic E-state index is 3.89. The van der Waals surface area contributed by atoms with Gasteiger partial charge in [-0.1, -0.05) is 249 Å². The molecule has 2 heteroatoms. The molecule has 0 aromatic heterocycles. The summed E-state index contributed by atoms with van der Waals surface area (Å²) in [6.07, 6.45) is 0. The lowest BCUT2D eigenvalue weighted by atomic mass is 9.70. The summed E-state index contributed by atoms with van der Waals surface area (Å²) in [6, 6.07) is 113. The van der Waals surface area contributed by atoms with Gasteiger partial charge in [0.25, 0.3) is 0 Å². The summed E-state index contributed by atoms with van der Waals surface area (Å²) in [6.45, 7) is 0. The molecule has 0 aliphatic heterocycles. The Bertz CT molecular complexity index is 4710. The lowest BCUT2D eigenvalue weighted by Crippen LogP contribution is -2.25. The van der Waals surface area contributed by atoms with Crippen LogP contribution in [0, 0.1) is 0 Å². The van der Waals surface area contributed by atoms with E-state index < -0.39 is 10.8 Å². The molecule has 82 heavy (non-hydrogen) atoms. The lowest BCUT2D eigenvalue weighted by Gasteiger charge is -2.31. The second kappa shape index (κ2) is 18.0. The van der Waals surface area contributed by atoms with Gasteiger partial charge in [0.2, 0.25) is 0 Å². The van der Waals surface area contributed by atoms with E-state index in [-0.39, 0.29) is 0 Å². The molecule has 0 heterocycles. The summed E-state index contributed by atoms with van der Waals surface area (Å²) >= 11 is 0. The second-order valence-electron chi connectivity index (χ2n) is 22.4. The molecule has 382 valence electrons. The number of nitrogens with one attached hydrogen (secondary N) is 2. The summed E-state index contributed by atoms with van der Waals surface area (Å²) in [5.41, 5.74) is 34.0. The van der Waals surface area contributed by atoms with E-state index in [0.29, 0.717) is 0 Å². The Balaban J connectivity index is 0.747. The normalized spacial score (nSPS) is 15.9. The predicted molar refractivity (Wildman–Crippen MR) is 340 cm³/mol. The van der Waals surface area contributed by atoms with Gasteiger partial charge in [-0.25, -0.2) is 0 Å².